The van der Waals surface area contributed by atoms with E-state index in [0.29, 0.717) is 10.8 Å². The minimum Gasteiger partial charge on any atom is -0.300 e. The fourth-order valence-electron chi connectivity index (χ4n) is 1.33. The molecule has 0 aromatic carbocycles. The van der Waals surface area contributed by atoms with Crippen molar-refractivity contribution in [1.82, 2.24) is 4.98 Å². The van der Waals surface area contributed by atoms with Crippen LogP contribution in [0.5, 0.6) is 0 Å². The number of thioether (sulfide) groups is 1. The van der Waals surface area contributed by atoms with Crippen molar-refractivity contribution in [1.29, 1.82) is 0 Å². The van der Waals surface area contributed by atoms with Crippen LogP contribution < -0.4 is 4.90 Å². The Morgan fingerprint density at radius 1 is 1.62 bits per heavy atom. The van der Waals surface area contributed by atoms with Crippen molar-refractivity contribution < 1.29 is 4.79 Å². The Balaban J connectivity index is 2.73. The Morgan fingerprint density at radius 3 is 2.81 bits per heavy atom. The van der Waals surface area contributed by atoms with Crippen LogP contribution in [0.1, 0.15) is 6.92 Å². The molecular weight excluding hydrogens is 244 g/mol. The quantitative estimate of drug-likeness (QED) is 0.833. The molecule has 0 unspecified atom stereocenters. The summed E-state index contributed by atoms with van der Waals surface area (Å²) < 4.78 is 0. The largest absolute Gasteiger partial charge is 0.300 e. The molecule has 3 nitrogen and oxygen atoms in total. The molecule has 0 saturated carbocycles. The molecule has 1 rings (SSSR count). The van der Waals surface area contributed by atoms with Gasteiger partial charge in [0.2, 0.25) is 5.91 Å². The van der Waals surface area contributed by atoms with E-state index in [0.717, 1.165) is 5.75 Å². The van der Waals surface area contributed by atoms with Crippen LogP contribution in [0.4, 0.5) is 5.82 Å². The molecule has 1 atom stereocenters. The number of carbonyl (C=O) groups is 1. The number of nitrogens with zero attached hydrogens (tertiary/aromatic N) is 2. The predicted molar refractivity (Wildman–Crippen MR) is 70.2 cm³/mol. The van der Waals surface area contributed by atoms with E-state index < -0.39 is 0 Å². The molecule has 0 N–H and O–H groups in total. The van der Waals surface area contributed by atoms with Gasteiger partial charge in [0.25, 0.3) is 0 Å². The summed E-state index contributed by atoms with van der Waals surface area (Å²) in [5, 5.41) is 0.571. The van der Waals surface area contributed by atoms with Gasteiger partial charge in [-0.2, -0.15) is 11.8 Å². The number of amides is 1. The average Bonchev–Trinajstić information content (AvgIpc) is 2.28. The molecule has 0 radical (unpaired) electrons. The zero-order chi connectivity index (χ0) is 12.1. The van der Waals surface area contributed by atoms with Crippen LogP contribution in [0, 0.1) is 5.92 Å². The molecule has 1 heterocycles. The fraction of sp³-hybridized carbons (Fsp3) is 0.455. The normalized spacial score (nSPS) is 12.2. The van der Waals surface area contributed by atoms with Crippen molar-refractivity contribution in [3.63, 3.8) is 0 Å². The fourth-order valence-corrected chi connectivity index (χ4v) is 2.09. The lowest BCUT2D eigenvalue weighted by Gasteiger charge is -2.19. The first-order valence-corrected chi connectivity index (χ1v) is 6.71. The number of carbonyl (C=O) groups excluding carboxylic acids is 1. The third kappa shape index (κ3) is 3.39. The zero-order valence-electron chi connectivity index (χ0n) is 9.61. The third-order valence-corrected chi connectivity index (χ3v) is 3.28. The Morgan fingerprint density at radius 2 is 2.31 bits per heavy atom. The molecule has 1 aromatic heterocycles. The smallest absolute Gasteiger partial charge is 0.231 e. The topological polar surface area (TPSA) is 33.2 Å². The van der Waals surface area contributed by atoms with E-state index >= 15 is 0 Å². The standard InChI is InChI=1S/C11H15ClN2OS/c1-8(7-16-3)11(15)14(2)10-5-4-9(12)6-13-10/h4-6,8H,7H2,1-3H3/t8-/m0/s1. The molecule has 0 bridgehead atoms. The first-order valence-electron chi connectivity index (χ1n) is 4.94. The lowest BCUT2D eigenvalue weighted by atomic mass is 10.2. The maximum atomic E-state index is 12.0. The molecule has 5 heteroatoms. The Kier molecular flexibility index (Phi) is 5.09. The monoisotopic (exact) mass is 258 g/mol. The summed E-state index contributed by atoms with van der Waals surface area (Å²) >= 11 is 7.40. The van der Waals surface area contributed by atoms with Gasteiger partial charge in [-0.25, -0.2) is 4.98 Å². The van der Waals surface area contributed by atoms with Gasteiger partial charge in [0.15, 0.2) is 0 Å². The second-order valence-corrected chi connectivity index (χ2v) is 4.94. The Bertz CT molecular complexity index is 356. The molecule has 0 saturated heterocycles. The van der Waals surface area contributed by atoms with Gasteiger partial charge in [0.05, 0.1) is 5.02 Å². The van der Waals surface area contributed by atoms with Gasteiger partial charge in [-0.05, 0) is 18.4 Å². The van der Waals surface area contributed by atoms with Gasteiger partial charge >= 0.3 is 0 Å². The molecule has 0 aliphatic rings. The van der Waals surface area contributed by atoms with Crippen LogP contribution in [0.15, 0.2) is 18.3 Å². The van der Waals surface area contributed by atoms with Crippen LogP contribution in [0.25, 0.3) is 0 Å². The predicted octanol–water partition coefficient (Wildman–Crippen LogP) is 2.70. The van der Waals surface area contributed by atoms with Crippen molar-refractivity contribution in [2.24, 2.45) is 5.92 Å². The molecule has 0 spiro atoms. The number of anilines is 1. The van der Waals surface area contributed by atoms with Gasteiger partial charge in [-0.15, -0.1) is 0 Å². The lowest BCUT2D eigenvalue weighted by Crippen LogP contribution is -2.33. The summed E-state index contributed by atoms with van der Waals surface area (Å²) in [6.45, 7) is 1.92. The molecule has 0 fully saturated rings. The second kappa shape index (κ2) is 6.11. The highest BCUT2D eigenvalue weighted by atomic mass is 35.5. The van der Waals surface area contributed by atoms with E-state index in [9.17, 15) is 4.79 Å². The van der Waals surface area contributed by atoms with Crippen molar-refractivity contribution in [2.45, 2.75) is 6.92 Å². The number of hydrogen-bond donors (Lipinski definition) is 0. The van der Waals surface area contributed by atoms with E-state index in [1.165, 1.54) is 0 Å². The van der Waals surface area contributed by atoms with Crippen LogP contribution in [-0.4, -0.2) is 29.9 Å². The Labute approximate surface area is 105 Å². The van der Waals surface area contributed by atoms with Crippen molar-refractivity contribution in [2.75, 3.05) is 24.0 Å². The lowest BCUT2D eigenvalue weighted by molar-refractivity contribution is -0.121. The summed E-state index contributed by atoms with van der Waals surface area (Å²) in [5.41, 5.74) is 0. The zero-order valence-corrected chi connectivity index (χ0v) is 11.2. The Hall–Kier alpha value is -0.740. The van der Waals surface area contributed by atoms with Crippen molar-refractivity contribution >= 4 is 35.1 Å². The molecule has 16 heavy (non-hydrogen) atoms. The van der Waals surface area contributed by atoms with Gasteiger partial charge in [0.1, 0.15) is 5.82 Å². The van der Waals surface area contributed by atoms with Crippen LogP contribution in [0.3, 0.4) is 0 Å². The van der Waals surface area contributed by atoms with Crippen LogP contribution in [0.2, 0.25) is 5.02 Å². The highest BCUT2D eigenvalue weighted by Crippen LogP contribution is 2.16. The molecule has 0 aliphatic carbocycles. The molecular formula is C11H15ClN2OS. The summed E-state index contributed by atoms with van der Waals surface area (Å²) in [4.78, 5) is 17.6. The number of halogens is 1. The van der Waals surface area contributed by atoms with Gasteiger partial charge in [0, 0.05) is 24.9 Å². The minimum atomic E-state index is -0.00234. The molecule has 1 amide bonds. The summed E-state index contributed by atoms with van der Waals surface area (Å²) in [5.74, 6) is 1.51. The van der Waals surface area contributed by atoms with Crippen LogP contribution >= 0.6 is 23.4 Å². The van der Waals surface area contributed by atoms with E-state index in [4.69, 9.17) is 11.6 Å². The first-order chi connectivity index (χ1) is 7.56. The number of hydrogen-bond acceptors (Lipinski definition) is 3. The van der Waals surface area contributed by atoms with E-state index in [2.05, 4.69) is 4.98 Å². The van der Waals surface area contributed by atoms with Gasteiger partial charge in [-0.1, -0.05) is 18.5 Å². The molecule has 1 aromatic rings. The second-order valence-electron chi connectivity index (χ2n) is 3.59. The number of pyridine rings is 1. The number of aromatic nitrogens is 1. The summed E-state index contributed by atoms with van der Waals surface area (Å²) in [6.07, 6.45) is 3.53. The molecule has 88 valence electrons. The average molecular weight is 259 g/mol. The maximum absolute atomic E-state index is 12.0. The van der Waals surface area contributed by atoms with E-state index in [-0.39, 0.29) is 11.8 Å². The maximum Gasteiger partial charge on any atom is 0.231 e. The summed E-state index contributed by atoms with van der Waals surface area (Å²) in [7, 11) is 1.73. The van der Waals surface area contributed by atoms with Gasteiger partial charge < -0.3 is 0 Å². The number of rotatable bonds is 4. The van der Waals surface area contributed by atoms with Gasteiger partial charge in [-0.3, -0.25) is 9.69 Å². The SMILES string of the molecule is CSC[C@H](C)C(=O)N(C)c1ccc(Cl)cn1. The van der Waals surface area contributed by atoms with Crippen molar-refractivity contribution in [3.05, 3.63) is 23.4 Å². The first kappa shape index (κ1) is 13.3. The highest BCUT2D eigenvalue weighted by molar-refractivity contribution is 7.98. The summed E-state index contributed by atoms with van der Waals surface area (Å²) in [6, 6.07) is 3.47. The van der Waals surface area contributed by atoms with E-state index in [1.807, 2.05) is 13.2 Å². The highest BCUT2D eigenvalue weighted by Gasteiger charge is 2.18. The van der Waals surface area contributed by atoms with Crippen LogP contribution in [-0.2, 0) is 4.79 Å². The minimum absolute atomic E-state index is 0.00234. The third-order valence-electron chi connectivity index (χ3n) is 2.22. The van der Waals surface area contributed by atoms with E-state index in [1.54, 1.807) is 42.0 Å². The molecule has 0 aliphatic heterocycles. The van der Waals surface area contributed by atoms with Crippen molar-refractivity contribution in [3.8, 4) is 0 Å².